The van der Waals surface area contributed by atoms with E-state index in [0.717, 1.165) is 5.82 Å². The molecule has 18 heavy (non-hydrogen) atoms. The first kappa shape index (κ1) is 13.2. The number of aliphatic hydroxyl groups excluding tert-OH is 1. The first-order valence-electron chi connectivity index (χ1n) is 5.67. The van der Waals surface area contributed by atoms with Crippen LogP contribution in [0.4, 0.5) is 4.39 Å². The smallest absolute Gasteiger partial charge is 0.137 e. The van der Waals surface area contributed by atoms with Crippen LogP contribution in [0.15, 0.2) is 35.1 Å². The second-order valence-electron chi connectivity index (χ2n) is 4.15. The molecule has 0 fully saturated rings. The van der Waals surface area contributed by atoms with Crippen molar-refractivity contribution in [3.05, 3.63) is 52.3 Å². The largest absolute Gasteiger partial charge is 0.388 e. The van der Waals surface area contributed by atoms with Gasteiger partial charge in [0.2, 0.25) is 0 Å². The summed E-state index contributed by atoms with van der Waals surface area (Å²) in [4.78, 5) is 4.19. The number of rotatable bonds is 4. The van der Waals surface area contributed by atoms with Crippen LogP contribution in [0.3, 0.4) is 0 Å². The molecule has 2 aromatic rings. The van der Waals surface area contributed by atoms with E-state index < -0.39 is 6.10 Å². The van der Waals surface area contributed by atoms with E-state index in [0.29, 0.717) is 22.9 Å². The third-order valence-electron chi connectivity index (χ3n) is 2.90. The Labute approximate surface area is 113 Å². The molecule has 0 spiro atoms. The molecule has 0 bridgehead atoms. The number of halogens is 2. The van der Waals surface area contributed by atoms with Crippen LogP contribution in [0.25, 0.3) is 0 Å². The number of imidazole rings is 1. The Balaban J connectivity index is 2.06. The minimum atomic E-state index is -0.702. The van der Waals surface area contributed by atoms with Gasteiger partial charge in [0.25, 0.3) is 0 Å². The monoisotopic (exact) mass is 312 g/mol. The molecule has 0 aliphatic rings. The molecule has 1 aromatic heterocycles. The Hall–Kier alpha value is -1.20. The molecular weight excluding hydrogens is 299 g/mol. The molecule has 1 aromatic carbocycles. The zero-order valence-electron chi connectivity index (χ0n) is 9.98. The Morgan fingerprint density at radius 3 is 2.94 bits per heavy atom. The number of aromatic nitrogens is 2. The van der Waals surface area contributed by atoms with Crippen molar-refractivity contribution in [1.82, 2.24) is 9.55 Å². The van der Waals surface area contributed by atoms with Gasteiger partial charge in [0.1, 0.15) is 11.6 Å². The molecule has 1 atom stereocenters. The Kier molecular flexibility index (Phi) is 4.14. The fourth-order valence-corrected chi connectivity index (χ4v) is 2.37. The van der Waals surface area contributed by atoms with Crippen LogP contribution in [0.2, 0.25) is 0 Å². The van der Waals surface area contributed by atoms with Crippen LogP contribution in [-0.4, -0.2) is 14.7 Å². The number of aliphatic hydroxyl groups is 1. The molecule has 0 aliphatic heterocycles. The van der Waals surface area contributed by atoms with E-state index in [2.05, 4.69) is 20.9 Å². The lowest BCUT2D eigenvalue weighted by Crippen LogP contribution is -2.04. The SMILES string of the molecule is Cn1ccnc1CCC(O)c1cccc(F)c1Br. The lowest BCUT2D eigenvalue weighted by Gasteiger charge is -2.13. The number of benzene rings is 1. The molecular formula is C13H14BrFN2O. The van der Waals surface area contributed by atoms with Gasteiger partial charge in [-0.3, -0.25) is 0 Å². The minimum Gasteiger partial charge on any atom is -0.388 e. The van der Waals surface area contributed by atoms with Crippen LogP contribution in [0.5, 0.6) is 0 Å². The first-order valence-corrected chi connectivity index (χ1v) is 6.47. The molecule has 1 unspecified atom stereocenters. The van der Waals surface area contributed by atoms with Gasteiger partial charge >= 0.3 is 0 Å². The van der Waals surface area contributed by atoms with Gasteiger partial charge in [-0.15, -0.1) is 0 Å². The number of hydrogen-bond donors (Lipinski definition) is 1. The summed E-state index contributed by atoms with van der Waals surface area (Å²) >= 11 is 3.16. The van der Waals surface area contributed by atoms with Crippen molar-refractivity contribution < 1.29 is 9.50 Å². The summed E-state index contributed by atoms with van der Waals surface area (Å²) in [6, 6.07) is 4.68. The van der Waals surface area contributed by atoms with Gasteiger partial charge in [0.05, 0.1) is 10.6 Å². The standard InChI is InChI=1S/C13H14BrFN2O/c1-17-8-7-16-12(17)6-5-11(18)9-3-2-4-10(15)13(9)14/h2-4,7-8,11,18H,5-6H2,1H3. The topological polar surface area (TPSA) is 38.0 Å². The summed E-state index contributed by atoms with van der Waals surface area (Å²) in [6.07, 6.45) is 4.03. The van der Waals surface area contributed by atoms with E-state index in [1.54, 1.807) is 18.3 Å². The van der Waals surface area contributed by atoms with Crippen molar-refractivity contribution in [2.45, 2.75) is 18.9 Å². The maximum atomic E-state index is 13.3. The summed E-state index contributed by atoms with van der Waals surface area (Å²) in [5.74, 6) is 0.546. The van der Waals surface area contributed by atoms with Crippen molar-refractivity contribution in [1.29, 1.82) is 0 Å². The summed E-state index contributed by atoms with van der Waals surface area (Å²) in [5, 5.41) is 10.1. The Morgan fingerprint density at radius 1 is 1.50 bits per heavy atom. The van der Waals surface area contributed by atoms with E-state index in [1.165, 1.54) is 6.07 Å². The Morgan fingerprint density at radius 2 is 2.28 bits per heavy atom. The second-order valence-corrected chi connectivity index (χ2v) is 4.94. The van der Waals surface area contributed by atoms with Gasteiger partial charge in [-0.05, 0) is 34.0 Å². The quantitative estimate of drug-likeness (QED) is 0.942. The van der Waals surface area contributed by atoms with Crippen LogP contribution < -0.4 is 0 Å². The van der Waals surface area contributed by atoms with Gasteiger partial charge in [-0.25, -0.2) is 9.37 Å². The zero-order valence-corrected chi connectivity index (χ0v) is 11.6. The molecule has 0 saturated heterocycles. The fourth-order valence-electron chi connectivity index (χ4n) is 1.84. The molecule has 0 saturated carbocycles. The van der Waals surface area contributed by atoms with Crippen LogP contribution in [-0.2, 0) is 13.5 Å². The number of hydrogen-bond acceptors (Lipinski definition) is 2. The molecule has 5 heteroatoms. The third-order valence-corrected chi connectivity index (χ3v) is 3.74. The fraction of sp³-hybridized carbons (Fsp3) is 0.308. The molecule has 0 aliphatic carbocycles. The van der Waals surface area contributed by atoms with E-state index >= 15 is 0 Å². The lowest BCUT2D eigenvalue weighted by atomic mass is 10.0. The predicted molar refractivity (Wildman–Crippen MR) is 70.6 cm³/mol. The van der Waals surface area contributed by atoms with E-state index in [1.807, 2.05) is 17.8 Å². The van der Waals surface area contributed by atoms with Crippen molar-refractivity contribution in [2.75, 3.05) is 0 Å². The maximum absolute atomic E-state index is 13.3. The average Bonchev–Trinajstić information content (AvgIpc) is 2.75. The van der Waals surface area contributed by atoms with Gasteiger partial charge in [0, 0.05) is 25.9 Å². The van der Waals surface area contributed by atoms with Gasteiger partial charge in [-0.2, -0.15) is 0 Å². The third kappa shape index (κ3) is 2.79. The second kappa shape index (κ2) is 5.63. The van der Waals surface area contributed by atoms with Crippen LogP contribution in [0.1, 0.15) is 23.9 Å². The normalized spacial score (nSPS) is 12.7. The highest BCUT2D eigenvalue weighted by Crippen LogP contribution is 2.28. The molecule has 0 amide bonds. The van der Waals surface area contributed by atoms with Crippen LogP contribution in [0, 0.1) is 5.82 Å². The molecule has 1 N–H and O–H groups in total. The highest BCUT2D eigenvalue weighted by atomic mass is 79.9. The predicted octanol–water partition coefficient (Wildman–Crippen LogP) is 2.99. The van der Waals surface area contributed by atoms with E-state index in [9.17, 15) is 9.50 Å². The molecule has 2 rings (SSSR count). The number of nitrogens with zero attached hydrogens (tertiary/aromatic N) is 2. The van der Waals surface area contributed by atoms with Crippen molar-refractivity contribution in [2.24, 2.45) is 7.05 Å². The zero-order chi connectivity index (χ0) is 13.1. The van der Waals surface area contributed by atoms with Crippen molar-refractivity contribution >= 4 is 15.9 Å². The van der Waals surface area contributed by atoms with Gasteiger partial charge in [0.15, 0.2) is 0 Å². The van der Waals surface area contributed by atoms with E-state index in [-0.39, 0.29) is 5.82 Å². The molecule has 3 nitrogen and oxygen atoms in total. The van der Waals surface area contributed by atoms with E-state index in [4.69, 9.17) is 0 Å². The Bertz CT molecular complexity index is 542. The minimum absolute atomic E-state index is 0.331. The molecule has 0 radical (unpaired) electrons. The molecule has 96 valence electrons. The highest BCUT2D eigenvalue weighted by molar-refractivity contribution is 9.10. The first-order chi connectivity index (χ1) is 8.59. The van der Waals surface area contributed by atoms with Gasteiger partial charge < -0.3 is 9.67 Å². The number of aryl methyl sites for hydroxylation is 2. The van der Waals surface area contributed by atoms with Gasteiger partial charge in [-0.1, -0.05) is 12.1 Å². The summed E-state index contributed by atoms with van der Waals surface area (Å²) in [7, 11) is 1.91. The summed E-state index contributed by atoms with van der Waals surface area (Å²) in [6.45, 7) is 0. The molecule has 1 heterocycles. The lowest BCUT2D eigenvalue weighted by molar-refractivity contribution is 0.165. The summed E-state index contributed by atoms with van der Waals surface area (Å²) < 4.78 is 15.6. The highest BCUT2D eigenvalue weighted by Gasteiger charge is 2.14. The van der Waals surface area contributed by atoms with Crippen molar-refractivity contribution in [3.8, 4) is 0 Å². The summed E-state index contributed by atoms with van der Waals surface area (Å²) in [5.41, 5.74) is 0.573. The van der Waals surface area contributed by atoms with Crippen LogP contribution >= 0.6 is 15.9 Å². The average molecular weight is 313 g/mol. The maximum Gasteiger partial charge on any atom is 0.137 e. The van der Waals surface area contributed by atoms with Crippen molar-refractivity contribution in [3.63, 3.8) is 0 Å².